The molecule has 0 spiro atoms. The Morgan fingerprint density at radius 2 is 1.96 bits per heavy atom. The number of hydrogen-bond donors (Lipinski definition) is 1. The van der Waals surface area contributed by atoms with Crippen LogP contribution in [-0.4, -0.2) is 61.7 Å². The van der Waals surface area contributed by atoms with Gasteiger partial charge in [-0.2, -0.15) is 0 Å². The molecule has 24 heavy (non-hydrogen) atoms. The van der Waals surface area contributed by atoms with Crippen LogP contribution in [-0.2, 0) is 11.3 Å². The van der Waals surface area contributed by atoms with Gasteiger partial charge < -0.3 is 19.9 Å². The molecular weight excluding hydrogens is 311 g/mol. The molecule has 0 saturated carbocycles. The first-order valence-electron chi connectivity index (χ1n) is 8.17. The highest BCUT2D eigenvalue weighted by Gasteiger charge is 2.23. The highest BCUT2D eigenvalue weighted by Crippen LogP contribution is 2.09. The van der Waals surface area contributed by atoms with E-state index in [2.05, 4.69) is 15.2 Å². The Morgan fingerprint density at radius 3 is 2.54 bits per heavy atom. The Kier molecular flexibility index (Phi) is 6.40. The molecule has 1 N–H and O–H groups in total. The van der Waals surface area contributed by atoms with Crippen molar-refractivity contribution in [3.63, 3.8) is 0 Å². The Labute approximate surface area is 142 Å². The van der Waals surface area contributed by atoms with Gasteiger partial charge in [-0.05, 0) is 31.0 Å². The van der Waals surface area contributed by atoms with Gasteiger partial charge in [0, 0.05) is 39.8 Å². The van der Waals surface area contributed by atoms with Gasteiger partial charge in [0.25, 0.3) is 0 Å². The van der Waals surface area contributed by atoms with Crippen molar-refractivity contribution in [3.05, 3.63) is 35.1 Å². The summed E-state index contributed by atoms with van der Waals surface area (Å²) in [6, 6.07) is 5.21. The third-order valence-corrected chi connectivity index (χ3v) is 4.00. The lowest BCUT2D eigenvalue weighted by molar-refractivity contribution is 0.0914. The summed E-state index contributed by atoms with van der Waals surface area (Å²) in [6.45, 7) is 6.98. The molecule has 0 aromatic heterocycles. The van der Waals surface area contributed by atoms with E-state index in [0.717, 1.165) is 11.5 Å². The van der Waals surface area contributed by atoms with Gasteiger partial charge >= 0.3 is 6.09 Å². The van der Waals surface area contributed by atoms with Gasteiger partial charge in [-0.3, -0.25) is 4.99 Å². The molecule has 1 saturated heterocycles. The highest BCUT2D eigenvalue weighted by molar-refractivity contribution is 5.80. The van der Waals surface area contributed by atoms with E-state index in [1.54, 1.807) is 31.9 Å². The fraction of sp³-hybridized carbons (Fsp3) is 0.529. The molecule has 0 bridgehead atoms. The lowest BCUT2D eigenvalue weighted by Gasteiger charge is -2.35. The number of halogens is 1. The van der Waals surface area contributed by atoms with Crippen LogP contribution in [0.4, 0.5) is 9.18 Å². The molecule has 0 unspecified atom stereocenters. The third kappa shape index (κ3) is 4.59. The molecule has 1 aliphatic heterocycles. The normalized spacial score (nSPS) is 15.4. The average Bonchev–Trinajstić information content (AvgIpc) is 2.59. The topological polar surface area (TPSA) is 57.2 Å². The van der Waals surface area contributed by atoms with Gasteiger partial charge in [-0.1, -0.05) is 12.1 Å². The highest BCUT2D eigenvalue weighted by atomic mass is 19.1. The molecule has 0 aliphatic carbocycles. The monoisotopic (exact) mass is 336 g/mol. The summed E-state index contributed by atoms with van der Waals surface area (Å²) in [5.41, 5.74) is 1.50. The maximum absolute atomic E-state index is 13.6. The van der Waals surface area contributed by atoms with Crippen LogP contribution < -0.4 is 5.32 Å². The van der Waals surface area contributed by atoms with E-state index in [1.807, 2.05) is 6.07 Å². The quantitative estimate of drug-likeness (QED) is 0.677. The van der Waals surface area contributed by atoms with Crippen LogP contribution in [0.3, 0.4) is 0 Å². The predicted octanol–water partition coefficient (Wildman–Crippen LogP) is 1.98. The summed E-state index contributed by atoms with van der Waals surface area (Å²) in [4.78, 5) is 19.8. The summed E-state index contributed by atoms with van der Waals surface area (Å²) in [5.74, 6) is 0.548. The number of nitrogens with one attached hydrogen (secondary N) is 1. The van der Waals surface area contributed by atoms with Gasteiger partial charge in [0.1, 0.15) is 5.82 Å². The molecule has 1 heterocycles. The molecule has 1 amide bonds. The number of ether oxygens (including phenoxy) is 1. The summed E-state index contributed by atoms with van der Waals surface area (Å²) in [5, 5.41) is 3.25. The molecule has 1 fully saturated rings. The van der Waals surface area contributed by atoms with Crippen LogP contribution in [0.1, 0.15) is 18.1 Å². The first kappa shape index (κ1) is 18.0. The Bertz CT molecular complexity index is 598. The molecule has 132 valence electrons. The van der Waals surface area contributed by atoms with Crippen molar-refractivity contribution in [3.8, 4) is 0 Å². The number of hydrogen-bond acceptors (Lipinski definition) is 3. The fourth-order valence-electron chi connectivity index (χ4n) is 2.58. The maximum atomic E-state index is 13.6. The Hall–Kier alpha value is -2.31. The number of benzene rings is 1. The number of nitrogens with zero attached hydrogens (tertiary/aromatic N) is 3. The van der Waals surface area contributed by atoms with Crippen molar-refractivity contribution >= 4 is 12.1 Å². The second-order valence-corrected chi connectivity index (χ2v) is 5.66. The van der Waals surface area contributed by atoms with Crippen molar-refractivity contribution in [1.29, 1.82) is 0 Å². The SMILES string of the molecule is CCOC(=O)N1CCN(C(=NC)NCc2ccc(C)c(F)c2)CC1. The molecule has 1 aliphatic rings. The predicted molar refractivity (Wildman–Crippen MR) is 91.5 cm³/mol. The number of aliphatic imine (C=N–C) groups is 1. The zero-order valence-electron chi connectivity index (χ0n) is 14.5. The largest absolute Gasteiger partial charge is 0.450 e. The molecule has 1 aromatic carbocycles. The van der Waals surface area contributed by atoms with Crippen molar-refractivity contribution in [2.75, 3.05) is 39.8 Å². The maximum Gasteiger partial charge on any atom is 0.409 e. The number of amides is 1. The van der Waals surface area contributed by atoms with Crippen molar-refractivity contribution in [2.45, 2.75) is 20.4 Å². The summed E-state index contributed by atoms with van der Waals surface area (Å²) in [6.07, 6.45) is -0.268. The van der Waals surface area contributed by atoms with Crippen LogP contribution in [0.25, 0.3) is 0 Å². The fourth-order valence-corrected chi connectivity index (χ4v) is 2.58. The van der Waals surface area contributed by atoms with Gasteiger partial charge in [0.05, 0.1) is 6.61 Å². The summed E-state index contributed by atoms with van der Waals surface area (Å²) < 4.78 is 18.6. The third-order valence-electron chi connectivity index (χ3n) is 4.00. The molecule has 1 aromatic rings. The van der Waals surface area contributed by atoms with Gasteiger partial charge in [0.15, 0.2) is 5.96 Å². The summed E-state index contributed by atoms with van der Waals surface area (Å²) in [7, 11) is 1.72. The first-order chi connectivity index (χ1) is 11.5. The second-order valence-electron chi connectivity index (χ2n) is 5.66. The average molecular weight is 336 g/mol. The van der Waals surface area contributed by atoms with E-state index in [-0.39, 0.29) is 11.9 Å². The lowest BCUT2D eigenvalue weighted by Crippen LogP contribution is -2.53. The van der Waals surface area contributed by atoms with Gasteiger partial charge in [-0.15, -0.1) is 0 Å². The zero-order chi connectivity index (χ0) is 17.5. The second kappa shape index (κ2) is 8.52. The van der Waals surface area contributed by atoms with E-state index in [0.29, 0.717) is 44.9 Å². The number of piperazine rings is 1. The van der Waals surface area contributed by atoms with Crippen LogP contribution in [0, 0.1) is 12.7 Å². The number of rotatable bonds is 3. The van der Waals surface area contributed by atoms with E-state index < -0.39 is 0 Å². The van der Waals surface area contributed by atoms with Crippen molar-refractivity contribution in [1.82, 2.24) is 15.1 Å². The van der Waals surface area contributed by atoms with Gasteiger partial charge in [-0.25, -0.2) is 9.18 Å². The number of aryl methyl sites for hydroxylation is 1. The van der Waals surface area contributed by atoms with Crippen molar-refractivity contribution in [2.24, 2.45) is 4.99 Å². The molecular formula is C17H25FN4O2. The van der Waals surface area contributed by atoms with Gasteiger partial charge in [0.2, 0.25) is 0 Å². The molecule has 6 nitrogen and oxygen atoms in total. The van der Waals surface area contributed by atoms with E-state index in [1.165, 1.54) is 6.07 Å². The van der Waals surface area contributed by atoms with E-state index in [4.69, 9.17) is 4.74 Å². The van der Waals surface area contributed by atoms with Crippen LogP contribution in [0.2, 0.25) is 0 Å². The minimum absolute atomic E-state index is 0.202. The minimum Gasteiger partial charge on any atom is -0.450 e. The van der Waals surface area contributed by atoms with E-state index in [9.17, 15) is 9.18 Å². The first-order valence-corrected chi connectivity index (χ1v) is 8.17. The number of guanidine groups is 1. The Balaban J connectivity index is 1.86. The standard InChI is InChI=1S/C17H25FN4O2/c1-4-24-17(23)22-9-7-21(8-10-22)16(19-3)20-12-14-6-5-13(2)15(18)11-14/h5-6,11H,4,7-10,12H2,1-3H3,(H,19,20). The molecule has 7 heteroatoms. The van der Waals surface area contributed by atoms with Crippen LogP contribution in [0.5, 0.6) is 0 Å². The van der Waals surface area contributed by atoms with E-state index >= 15 is 0 Å². The molecule has 0 atom stereocenters. The minimum atomic E-state index is -0.268. The number of carbonyl (C=O) groups is 1. The molecule has 0 radical (unpaired) electrons. The lowest BCUT2D eigenvalue weighted by atomic mass is 10.1. The summed E-state index contributed by atoms with van der Waals surface area (Å²) >= 11 is 0. The smallest absolute Gasteiger partial charge is 0.409 e. The van der Waals surface area contributed by atoms with Crippen molar-refractivity contribution < 1.29 is 13.9 Å². The van der Waals surface area contributed by atoms with Crippen LogP contribution >= 0.6 is 0 Å². The Morgan fingerprint density at radius 1 is 1.29 bits per heavy atom. The molecule has 2 rings (SSSR count). The zero-order valence-corrected chi connectivity index (χ0v) is 14.5. The van der Waals surface area contributed by atoms with Crippen LogP contribution in [0.15, 0.2) is 23.2 Å². The number of carbonyl (C=O) groups excluding carboxylic acids is 1.